The maximum atomic E-state index is 12.9. The molecular weight excluding hydrogens is 439 g/mol. The van der Waals surface area contributed by atoms with Crippen molar-refractivity contribution in [2.75, 3.05) is 13.2 Å². The van der Waals surface area contributed by atoms with Gasteiger partial charge in [0.05, 0.1) is 17.2 Å². The van der Waals surface area contributed by atoms with Crippen LogP contribution < -0.4 is 15.5 Å². The van der Waals surface area contributed by atoms with Crippen molar-refractivity contribution in [3.63, 3.8) is 0 Å². The van der Waals surface area contributed by atoms with E-state index in [9.17, 15) is 9.59 Å². The molecular formula is C23H37BN4O6. The minimum Gasteiger partial charge on any atom is -0.461 e. The molecule has 3 rings (SSSR count). The summed E-state index contributed by atoms with van der Waals surface area (Å²) >= 11 is 0. The Hall–Kier alpha value is -2.40. The van der Waals surface area contributed by atoms with Gasteiger partial charge in [0.1, 0.15) is 18.2 Å². The maximum Gasteiger partial charge on any atom is 0.498 e. The van der Waals surface area contributed by atoms with Gasteiger partial charge >= 0.3 is 19.2 Å². The summed E-state index contributed by atoms with van der Waals surface area (Å²) in [6, 6.07) is -0.604. The molecule has 0 unspecified atom stereocenters. The van der Waals surface area contributed by atoms with Crippen LogP contribution in [0.4, 0.5) is 4.79 Å². The van der Waals surface area contributed by atoms with Crippen molar-refractivity contribution >= 4 is 24.6 Å². The molecule has 11 heteroatoms. The predicted molar refractivity (Wildman–Crippen MR) is 127 cm³/mol. The fraction of sp³-hybridized carbons (Fsp3) is 0.739. The molecule has 1 aromatic heterocycles. The third-order valence-electron chi connectivity index (χ3n) is 6.34. The first kappa shape index (κ1) is 26.2. The zero-order valence-electron chi connectivity index (χ0n) is 21.5. The molecule has 2 aliphatic rings. The Labute approximate surface area is 202 Å². The average Bonchev–Trinajstić information content (AvgIpc) is 3.26. The van der Waals surface area contributed by atoms with Gasteiger partial charge in [-0.05, 0) is 68.2 Å². The van der Waals surface area contributed by atoms with Crippen molar-refractivity contribution in [2.45, 2.75) is 97.1 Å². The molecule has 2 amide bonds. The molecule has 2 aliphatic heterocycles. The fourth-order valence-electron chi connectivity index (χ4n) is 3.77. The number of amides is 2. The van der Waals surface area contributed by atoms with Gasteiger partial charge in [-0.3, -0.25) is 4.79 Å². The van der Waals surface area contributed by atoms with Gasteiger partial charge in [-0.25, -0.2) is 14.8 Å². The van der Waals surface area contributed by atoms with E-state index in [1.54, 1.807) is 45.0 Å². The topological polar surface area (TPSA) is 112 Å². The number of hydrogen-bond donors (Lipinski definition) is 1. The van der Waals surface area contributed by atoms with Crippen molar-refractivity contribution < 1.29 is 28.4 Å². The molecule has 34 heavy (non-hydrogen) atoms. The highest BCUT2D eigenvalue weighted by atomic mass is 16.7. The number of aromatic nitrogens is 2. The van der Waals surface area contributed by atoms with Gasteiger partial charge < -0.3 is 29.0 Å². The number of nitrogens with zero attached hydrogens (tertiary/aromatic N) is 3. The first-order chi connectivity index (χ1) is 15.7. The molecule has 0 radical (unpaired) electrons. The van der Waals surface area contributed by atoms with Gasteiger partial charge in [-0.15, -0.1) is 0 Å². The lowest BCUT2D eigenvalue weighted by molar-refractivity contribution is -0.134. The lowest BCUT2D eigenvalue weighted by atomic mass is 9.81. The summed E-state index contributed by atoms with van der Waals surface area (Å²) < 4.78 is 23.1. The number of nitrogens with one attached hydrogen (secondary N) is 1. The molecule has 10 nitrogen and oxygen atoms in total. The van der Waals surface area contributed by atoms with E-state index in [1.165, 1.54) is 0 Å². The van der Waals surface area contributed by atoms with E-state index in [0.29, 0.717) is 12.0 Å². The van der Waals surface area contributed by atoms with Crippen LogP contribution in [0.3, 0.4) is 0 Å². The predicted octanol–water partition coefficient (Wildman–Crippen LogP) is 2.06. The number of carbonyl (C=O) groups excluding carboxylic acids is 2. The highest BCUT2D eigenvalue weighted by molar-refractivity contribution is 6.61. The Kier molecular flexibility index (Phi) is 7.47. The summed E-state index contributed by atoms with van der Waals surface area (Å²) in [5.41, 5.74) is -0.804. The Morgan fingerprint density at radius 1 is 1.21 bits per heavy atom. The van der Waals surface area contributed by atoms with Crippen LogP contribution in [0.1, 0.15) is 68.2 Å². The minimum atomic E-state index is -0.703. The molecule has 0 aliphatic carbocycles. The second kappa shape index (κ2) is 9.69. The van der Waals surface area contributed by atoms with Crippen molar-refractivity contribution in [2.24, 2.45) is 0 Å². The van der Waals surface area contributed by atoms with Crippen molar-refractivity contribution in [3.05, 3.63) is 12.4 Å². The first-order valence-electron chi connectivity index (χ1n) is 11.8. The normalized spacial score (nSPS) is 22.4. The highest BCUT2D eigenvalue weighted by Crippen LogP contribution is 2.36. The second-order valence-electron chi connectivity index (χ2n) is 10.9. The van der Waals surface area contributed by atoms with Crippen molar-refractivity contribution in [1.29, 1.82) is 0 Å². The van der Waals surface area contributed by atoms with E-state index in [0.717, 1.165) is 12.8 Å². The van der Waals surface area contributed by atoms with E-state index in [2.05, 4.69) is 15.3 Å². The van der Waals surface area contributed by atoms with Gasteiger partial charge in [0.15, 0.2) is 0 Å². The summed E-state index contributed by atoms with van der Waals surface area (Å²) in [6.07, 6.45) is 4.32. The number of hydrogen-bond acceptors (Lipinski definition) is 8. The third kappa shape index (κ3) is 6.18. The van der Waals surface area contributed by atoms with Crippen LogP contribution >= 0.6 is 0 Å². The van der Waals surface area contributed by atoms with Crippen LogP contribution in [0.25, 0.3) is 0 Å². The van der Waals surface area contributed by atoms with Crippen LogP contribution in [0.2, 0.25) is 0 Å². The Morgan fingerprint density at radius 2 is 1.79 bits per heavy atom. The molecule has 2 fully saturated rings. The van der Waals surface area contributed by atoms with Gasteiger partial charge in [0.2, 0.25) is 5.91 Å². The molecule has 188 valence electrons. The smallest absolute Gasteiger partial charge is 0.461 e. The van der Waals surface area contributed by atoms with Gasteiger partial charge in [-0.2, -0.15) is 0 Å². The lowest BCUT2D eigenvalue weighted by Gasteiger charge is -2.32. The van der Waals surface area contributed by atoms with Crippen LogP contribution in [0.15, 0.2) is 12.4 Å². The lowest BCUT2D eigenvalue weighted by Crippen LogP contribution is -2.50. The largest absolute Gasteiger partial charge is 0.498 e. The molecule has 0 saturated carbocycles. The summed E-state index contributed by atoms with van der Waals surface area (Å²) in [4.78, 5) is 35.2. The van der Waals surface area contributed by atoms with Gasteiger partial charge in [0.25, 0.3) is 0 Å². The molecule has 1 aromatic rings. The average molecular weight is 476 g/mol. The van der Waals surface area contributed by atoms with E-state index < -0.39 is 36.1 Å². The number of likely N-dealkylation sites (tertiary alicyclic amines) is 1. The molecule has 3 heterocycles. The highest BCUT2D eigenvalue weighted by Gasteiger charge is 2.52. The zero-order chi connectivity index (χ0) is 25.3. The Morgan fingerprint density at radius 3 is 2.35 bits per heavy atom. The van der Waals surface area contributed by atoms with E-state index in [1.807, 2.05) is 27.7 Å². The van der Waals surface area contributed by atoms with Crippen molar-refractivity contribution in [3.8, 4) is 6.01 Å². The molecule has 0 aromatic carbocycles. The number of alkyl carbamates (subject to hydrolysis) is 1. The summed E-state index contributed by atoms with van der Waals surface area (Å²) in [6.45, 7) is 15.8. The summed E-state index contributed by atoms with van der Waals surface area (Å²) in [5.74, 6) is -0.172. The van der Waals surface area contributed by atoms with E-state index in [4.69, 9.17) is 18.8 Å². The molecule has 0 bridgehead atoms. The van der Waals surface area contributed by atoms with Crippen LogP contribution in [0, 0.1) is 0 Å². The molecule has 2 saturated heterocycles. The third-order valence-corrected chi connectivity index (χ3v) is 6.34. The van der Waals surface area contributed by atoms with E-state index >= 15 is 0 Å². The number of carbonyl (C=O) groups is 2. The van der Waals surface area contributed by atoms with E-state index in [-0.39, 0.29) is 24.6 Å². The first-order valence-corrected chi connectivity index (χ1v) is 11.8. The van der Waals surface area contributed by atoms with Gasteiger partial charge in [0, 0.05) is 24.4 Å². The minimum absolute atomic E-state index is 0.123. The fourth-order valence-corrected chi connectivity index (χ4v) is 3.77. The maximum absolute atomic E-state index is 12.9. The van der Waals surface area contributed by atoms with Gasteiger partial charge in [-0.1, -0.05) is 0 Å². The van der Waals surface area contributed by atoms with Crippen LogP contribution in [0.5, 0.6) is 6.01 Å². The molecule has 1 N–H and O–H groups in total. The summed E-state index contributed by atoms with van der Waals surface area (Å²) in [7, 11) is -0.541. The second-order valence-corrected chi connectivity index (χ2v) is 10.9. The molecule has 2 atom stereocenters. The van der Waals surface area contributed by atoms with Crippen LogP contribution in [-0.4, -0.2) is 76.0 Å². The quantitative estimate of drug-likeness (QED) is 0.621. The standard InChI is InChI=1S/C23H37BN4O6/c1-15(27-20(30)32-21(2,3)4)18(29)28-11-9-10-17(28)14-31-19-25-12-16(13-26-19)24-33-22(5,6)23(7,8)34-24/h12-13,15,17H,9-11,14H2,1-8H3,(H,27,30)/t15-,17-/m1/s1. The zero-order valence-corrected chi connectivity index (χ0v) is 21.5. The Bertz CT molecular complexity index is 870. The molecule has 0 spiro atoms. The SMILES string of the molecule is C[C@@H](NC(=O)OC(C)(C)C)C(=O)N1CCC[C@@H]1COc1ncc(B2OC(C)(C)C(C)(C)O2)cn1. The number of rotatable bonds is 6. The Balaban J connectivity index is 1.53. The van der Waals surface area contributed by atoms with Crippen molar-refractivity contribution in [1.82, 2.24) is 20.2 Å². The monoisotopic (exact) mass is 476 g/mol. The summed E-state index contributed by atoms with van der Waals surface area (Å²) in [5, 5.41) is 2.61. The number of ether oxygens (including phenoxy) is 2. The van der Waals surface area contributed by atoms with Crippen LogP contribution in [-0.2, 0) is 18.8 Å².